The molecule has 1 amide bonds. The number of amides is 1. The summed E-state index contributed by atoms with van der Waals surface area (Å²) < 4.78 is 4.54. The van der Waals surface area contributed by atoms with Gasteiger partial charge in [0.05, 0.1) is 13.5 Å². The van der Waals surface area contributed by atoms with Crippen molar-refractivity contribution in [2.45, 2.75) is 26.2 Å². The van der Waals surface area contributed by atoms with Gasteiger partial charge in [-0.3, -0.25) is 9.59 Å². The molecule has 0 radical (unpaired) electrons. The van der Waals surface area contributed by atoms with E-state index >= 15 is 0 Å². The first kappa shape index (κ1) is 15.2. The first-order valence-corrected chi connectivity index (χ1v) is 6.39. The number of rotatable bonds is 6. The summed E-state index contributed by atoms with van der Waals surface area (Å²) in [6, 6.07) is 8.16. The quantitative estimate of drug-likeness (QED) is 0.737. The van der Waals surface area contributed by atoms with Crippen molar-refractivity contribution >= 4 is 11.9 Å². The summed E-state index contributed by atoms with van der Waals surface area (Å²) in [5, 5.41) is 0. The summed E-state index contributed by atoms with van der Waals surface area (Å²) in [7, 11) is 3.06. The maximum absolute atomic E-state index is 11.9. The fourth-order valence-electron chi connectivity index (χ4n) is 1.68. The molecule has 0 aliphatic carbocycles. The molecule has 1 aromatic rings. The second-order valence-electron chi connectivity index (χ2n) is 4.63. The van der Waals surface area contributed by atoms with Crippen LogP contribution in [0.5, 0.6) is 0 Å². The van der Waals surface area contributed by atoms with E-state index in [0.717, 1.165) is 12.0 Å². The van der Waals surface area contributed by atoms with Crippen LogP contribution in [0.2, 0.25) is 0 Å². The molecule has 0 bridgehead atoms. The molecule has 0 aliphatic heterocycles. The number of carbonyl (C=O) groups is 2. The fraction of sp³-hybridized carbons (Fsp3) is 0.467. The Labute approximate surface area is 114 Å². The molecule has 0 spiro atoms. The Kier molecular flexibility index (Phi) is 6.06. The van der Waals surface area contributed by atoms with Crippen LogP contribution in [0, 0.1) is 6.92 Å². The van der Waals surface area contributed by atoms with Crippen molar-refractivity contribution in [3.8, 4) is 0 Å². The molecular formula is C15H21NO3. The number of hydrogen-bond donors (Lipinski definition) is 0. The molecule has 0 saturated heterocycles. The monoisotopic (exact) mass is 263 g/mol. The third-order valence-corrected chi connectivity index (χ3v) is 3.05. The van der Waals surface area contributed by atoms with E-state index in [-0.39, 0.29) is 18.3 Å². The van der Waals surface area contributed by atoms with Gasteiger partial charge in [0.15, 0.2) is 0 Å². The van der Waals surface area contributed by atoms with E-state index in [1.54, 1.807) is 11.9 Å². The first-order chi connectivity index (χ1) is 9.02. The minimum absolute atomic E-state index is 0.0458. The lowest BCUT2D eigenvalue weighted by Gasteiger charge is -2.16. The molecule has 0 saturated carbocycles. The van der Waals surface area contributed by atoms with Gasteiger partial charge in [-0.25, -0.2) is 0 Å². The lowest BCUT2D eigenvalue weighted by Crippen LogP contribution is -2.29. The molecule has 0 atom stereocenters. The Morgan fingerprint density at radius 3 is 2.37 bits per heavy atom. The van der Waals surface area contributed by atoms with E-state index in [9.17, 15) is 9.59 Å². The highest BCUT2D eigenvalue weighted by molar-refractivity contribution is 5.77. The summed E-state index contributed by atoms with van der Waals surface area (Å²) >= 11 is 0. The number of benzene rings is 1. The predicted molar refractivity (Wildman–Crippen MR) is 73.8 cm³/mol. The maximum Gasteiger partial charge on any atom is 0.307 e. The first-order valence-electron chi connectivity index (χ1n) is 6.39. The maximum atomic E-state index is 11.9. The van der Waals surface area contributed by atoms with Gasteiger partial charge in [0.2, 0.25) is 5.91 Å². The van der Waals surface area contributed by atoms with Gasteiger partial charge in [0.1, 0.15) is 0 Å². The molecule has 1 aromatic carbocycles. The van der Waals surface area contributed by atoms with Gasteiger partial charge in [-0.15, -0.1) is 0 Å². The normalized spacial score (nSPS) is 10.1. The zero-order chi connectivity index (χ0) is 14.3. The molecule has 0 heterocycles. The lowest BCUT2D eigenvalue weighted by molar-refractivity contribution is -0.141. The Bertz CT molecular complexity index is 426. The van der Waals surface area contributed by atoms with Crippen LogP contribution in [0.3, 0.4) is 0 Å². The van der Waals surface area contributed by atoms with Crippen LogP contribution < -0.4 is 0 Å². The SMILES string of the molecule is COC(=O)CCN(C)C(=O)CCc1ccc(C)cc1. The van der Waals surface area contributed by atoms with Crippen LogP contribution in [0.1, 0.15) is 24.0 Å². The molecule has 0 N–H and O–H groups in total. The van der Waals surface area contributed by atoms with E-state index in [1.165, 1.54) is 12.7 Å². The van der Waals surface area contributed by atoms with Gasteiger partial charge >= 0.3 is 5.97 Å². The van der Waals surface area contributed by atoms with Crippen molar-refractivity contribution in [1.29, 1.82) is 0 Å². The van der Waals surface area contributed by atoms with Gasteiger partial charge in [-0.05, 0) is 18.9 Å². The van der Waals surface area contributed by atoms with Gasteiger partial charge in [-0.2, -0.15) is 0 Å². The number of ether oxygens (including phenoxy) is 1. The molecule has 0 unspecified atom stereocenters. The van der Waals surface area contributed by atoms with Crippen molar-refractivity contribution in [3.05, 3.63) is 35.4 Å². The van der Waals surface area contributed by atoms with E-state index in [0.29, 0.717) is 13.0 Å². The Balaban J connectivity index is 2.34. The second-order valence-corrected chi connectivity index (χ2v) is 4.63. The predicted octanol–water partition coefficient (Wildman–Crippen LogP) is 1.95. The van der Waals surface area contributed by atoms with Crippen LogP contribution in [0.15, 0.2) is 24.3 Å². The smallest absolute Gasteiger partial charge is 0.307 e. The minimum Gasteiger partial charge on any atom is -0.469 e. The molecular weight excluding hydrogens is 242 g/mol. The molecule has 19 heavy (non-hydrogen) atoms. The van der Waals surface area contributed by atoms with Crippen molar-refractivity contribution < 1.29 is 14.3 Å². The zero-order valence-corrected chi connectivity index (χ0v) is 11.8. The Morgan fingerprint density at radius 2 is 1.79 bits per heavy atom. The Hall–Kier alpha value is -1.84. The van der Waals surface area contributed by atoms with Crippen LogP contribution in [-0.4, -0.2) is 37.5 Å². The minimum atomic E-state index is -0.293. The third-order valence-electron chi connectivity index (χ3n) is 3.05. The highest BCUT2D eigenvalue weighted by Gasteiger charge is 2.10. The van der Waals surface area contributed by atoms with Crippen LogP contribution in [0.25, 0.3) is 0 Å². The topological polar surface area (TPSA) is 46.6 Å². The Morgan fingerprint density at radius 1 is 1.16 bits per heavy atom. The van der Waals surface area contributed by atoms with Gasteiger partial charge in [0.25, 0.3) is 0 Å². The van der Waals surface area contributed by atoms with E-state index in [1.807, 2.05) is 31.2 Å². The average molecular weight is 263 g/mol. The van der Waals surface area contributed by atoms with E-state index < -0.39 is 0 Å². The van der Waals surface area contributed by atoms with Gasteiger partial charge < -0.3 is 9.64 Å². The van der Waals surface area contributed by atoms with E-state index in [2.05, 4.69) is 4.74 Å². The number of methoxy groups -OCH3 is 1. The van der Waals surface area contributed by atoms with Gasteiger partial charge in [-0.1, -0.05) is 29.8 Å². The average Bonchev–Trinajstić information content (AvgIpc) is 2.43. The summed E-state index contributed by atoms with van der Waals surface area (Å²) in [5.74, 6) is -0.248. The highest BCUT2D eigenvalue weighted by atomic mass is 16.5. The number of hydrogen-bond acceptors (Lipinski definition) is 3. The highest BCUT2D eigenvalue weighted by Crippen LogP contribution is 2.07. The zero-order valence-electron chi connectivity index (χ0n) is 11.8. The number of nitrogens with zero attached hydrogens (tertiary/aromatic N) is 1. The molecule has 4 nitrogen and oxygen atoms in total. The van der Waals surface area contributed by atoms with Crippen molar-refractivity contribution in [2.24, 2.45) is 0 Å². The number of carbonyl (C=O) groups excluding carboxylic acids is 2. The summed E-state index contributed by atoms with van der Waals surface area (Å²) in [6.45, 7) is 2.44. The van der Waals surface area contributed by atoms with Crippen LogP contribution in [-0.2, 0) is 20.7 Å². The van der Waals surface area contributed by atoms with Crippen LogP contribution in [0.4, 0.5) is 0 Å². The third kappa shape index (κ3) is 5.55. The van der Waals surface area contributed by atoms with Crippen molar-refractivity contribution in [2.75, 3.05) is 20.7 Å². The van der Waals surface area contributed by atoms with Gasteiger partial charge in [0, 0.05) is 20.0 Å². The standard InChI is InChI=1S/C15H21NO3/c1-12-4-6-13(7-5-12)8-9-14(17)16(2)11-10-15(18)19-3/h4-7H,8-11H2,1-3H3. The molecule has 4 heteroatoms. The molecule has 104 valence electrons. The largest absolute Gasteiger partial charge is 0.469 e. The summed E-state index contributed by atoms with van der Waals surface area (Å²) in [5.41, 5.74) is 2.37. The molecule has 1 rings (SSSR count). The number of esters is 1. The molecule has 0 aliphatic rings. The molecule has 0 aromatic heterocycles. The number of aryl methyl sites for hydroxylation is 2. The fourth-order valence-corrected chi connectivity index (χ4v) is 1.68. The summed E-state index contributed by atoms with van der Waals surface area (Å²) in [4.78, 5) is 24.4. The summed E-state index contributed by atoms with van der Waals surface area (Å²) in [6.07, 6.45) is 1.42. The van der Waals surface area contributed by atoms with Crippen LogP contribution >= 0.6 is 0 Å². The van der Waals surface area contributed by atoms with Crippen molar-refractivity contribution in [1.82, 2.24) is 4.90 Å². The lowest BCUT2D eigenvalue weighted by atomic mass is 10.1. The molecule has 0 fully saturated rings. The van der Waals surface area contributed by atoms with E-state index in [4.69, 9.17) is 0 Å². The van der Waals surface area contributed by atoms with Crippen molar-refractivity contribution in [3.63, 3.8) is 0 Å². The second kappa shape index (κ2) is 7.56.